The molecule has 12 heteroatoms. The highest BCUT2D eigenvalue weighted by Crippen LogP contribution is 2.42. The number of allylic oxidation sites excluding steroid dienone is 1. The number of carbonyl (C=O) groups excluding carboxylic acids is 2. The number of nitrogens with zero attached hydrogens (tertiary/aromatic N) is 3. The molecule has 9 nitrogen and oxygen atoms in total. The third-order valence-corrected chi connectivity index (χ3v) is 12.4. The molecule has 1 saturated carbocycles. The SMILES string of the molecule is CO[C@H]1/C=C/CCC[S@@](=O)(NC(=O)CCc2nccs2)=NC(=O)c2ccc3c(c2)N(Cc2ccc(Cl)cc2CCCCO3)C[C@@H]2CC[C@H]21. The van der Waals surface area contributed by atoms with Crippen molar-refractivity contribution >= 4 is 50.4 Å². The van der Waals surface area contributed by atoms with Crippen LogP contribution in [-0.4, -0.2) is 53.1 Å². The number of anilines is 1. The van der Waals surface area contributed by atoms with Gasteiger partial charge in [-0.15, -0.1) is 15.7 Å². The first-order valence-electron chi connectivity index (χ1n) is 16.8. The van der Waals surface area contributed by atoms with Gasteiger partial charge in [0.25, 0.3) is 5.91 Å². The van der Waals surface area contributed by atoms with E-state index in [1.807, 2.05) is 23.6 Å². The summed E-state index contributed by atoms with van der Waals surface area (Å²) < 4.78 is 33.4. The van der Waals surface area contributed by atoms with Gasteiger partial charge in [-0.1, -0.05) is 29.8 Å². The van der Waals surface area contributed by atoms with Crippen LogP contribution in [0.2, 0.25) is 5.02 Å². The molecule has 2 bridgehead atoms. The number of hydrogen-bond acceptors (Lipinski definition) is 8. The second-order valence-corrected chi connectivity index (χ2v) is 16.2. The number of thiazole rings is 1. The molecule has 0 saturated heterocycles. The second-order valence-electron chi connectivity index (χ2n) is 12.7. The quantitative estimate of drug-likeness (QED) is 0.279. The van der Waals surface area contributed by atoms with Gasteiger partial charge < -0.3 is 14.4 Å². The molecule has 3 heterocycles. The van der Waals surface area contributed by atoms with E-state index in [1.165, 1.54) is 22.5 Å². The Morgan fingerprint density at radius 2 is 2.06 bits per heavy atom. The molecular weight excluding hydrogens is 668 g/mol. The third-order valence-electron chi connectivity index (χ3n) is 9.47. The zero-order valence-corrected chi connectivity index (χ0v) is 29.7. The lowest BCUT2D eigenvalue weighted by Gasteiger charge is -2.43. The molecule has 3 aromatic rings. The van der Waals surface area contributed by atoms with Crippen LogP contribution in [0.25, 0.3) is 0 Å². The molecule has 1 N–H and O–H groups in total. The number of aryl methyl sites for hydroxylation is 2. The first-order valence-corrected chi connectivity index (χ1v) is 19.7. The van der Waals surface area contributed by atoms with Crippen molar-refractivity contribution < 1.29 is 23.3 Å². The van der Waals surface area contributed by atoms with Crippen molar-refractivity contribution in [3.05, 3.63) is 86.8 Å². The fourth-order valence-electron chi connectivity index (χ4n) is 6.75. The Labute approximate surface area is 292 Å². The molecule has 3 aliphatic rings. The molecule has 48 heavy (non-hydrogen) atoms. The van der Waals surface area contributed by atoms with Crippen LogP contribution >= 0.6 is 22.9 Å². The average Bonchev–Trinajstić information content (AvgIpc) is 3.57. The van der Waals surface area contributed by atoms with Crippen molar-refractivity contribution in [3.8, 4) is 5.75 Å². The van der Waals surface area contributed by atoms with Crippen LogP contribution in [0.5, 0.6) is 5.75 Å². The summed E-state index contributed by atoms with van der Waals surface area (Å²) in [7, 11) is -1.65. The maximum atomic E-state index is 14.2. The number of amides is 2. The van der Waals surface area contributed by atoms with E-state index in [9.17, 15) is 13.8 Å². The maximum Gasteiger partial charge on any atom is 0.286 e. The van der Waals surface area contributed by atoms with Crippen molar-refractivity contribution in [3.63, 3.8) is 0 Å². The van der Waals surface area contributed by atoms with E-state index >= 15 is 0 Å². The number of ether oxygens (including phenoxy) is 2. The van der Waals surface area contributed by atoms with Crippen LogP contribution in [0, 0.1) is 11.8 Å². The largest absolute Gasteiger partial charge is 0.491 e. The van der Waals surface area contributed by atoms with E-state index in [0.717, 1.165) is 54.4 Å². The van der Waals surface area contributed by atoms with E-state index in [1.54, 1.807) is 19.4 Å². The van der Waals surface area contributed by atoms with Crippen molar-refractivity contribution in [2.75, 3.05) is 30.9 Å². The predicted octanol–water partition coefficient (Wildman–Crippen LogP) is 7.18. The van der Waals surface area contributed by atoms with Crippen LogP contribution < -0.4 is 14.4 Å². The van der Waals surface area contributed by atoms with Gasteiger partial charge in [0.1, 0.15) is 15.7 Å². The van der Waals surface area contributed by atoms with E-state index < -0.39 is 21.7 Å². The maximum absolute atomic E-state index is 14.2. The minimum atomic E-state index is -3.40. The number of aromatic nitrogens is 1. The zero-order chi connectivity index (χ0) is 33.5. The normalized spacial score (nSPS) is 25.6. The summed E-state index contributed by atoms with van der Waals surface area (Å²) in [5.74, 6) is 0.409. The first-order chi connectivity index (χ1) is 23.3. The monoisotopic (exact) mass is 710 g/mol. The number of rotatable bonds is 5. The molecule has 0 radical (unpaired) electrons. The number of hydrogen-bond donors (Lipinski definition) is 1. The van der Waals surface area contributed by atoms with Crippen molar-refractivity contribution in [2.24, 2.45) is 16.2 Å². The fourth-order valence-corrected chi connectivity index (χ4v) is 9.19. The molecule has 0 spiro atoms. The Hall–Kier alpha value is -3.25. The van der Waals surface area contributed by atoms with Crippen molar-refractivity contribution in [1.82, 2.24) is 9.71 Å². The molecular formula is C36H43ClN4O5S2. The van der Waals surface area contributed by atoms with Crippen LogP contribution in [-0.2, 0) is 38.8 Å². The fraction of sp³-hybridized carbons (Fsp3) is 0.472. The molecule has 4 atom stereocenters. The van der Waals surface area contributed by atoms with Crippen LogP contribution in [0.3, 0.4) is 0 Å². The summed E-state index contributed by atoms with van der Waals surface area (Å²) in [5, 5.41) is 3.39. The lowest BCUT2D eigenvalue weighted by molar-refractivity contribution is -0.119. The van der Waals surface area contributed by atoms with Gasteiger partial charge in [0.2, 0.25) is 5.91 Å². The highest BCUT2D eigenvalue weighted by Gasteiger charge is 2.38. The van der Waals surface area contributed by atoms with Gasteiger partial charge >= 0.3 is 0 Å². The standard InChI is InChI=1S/C36H43ClN4O5S2/c1-45-32-8-3-2-6-20-48(44,39-34(42)15-16-35-38-17-19-47-35)40-36(43)26-11-14-33-31(22-26)41(24-28-10-13-30(28)32)23-27-9-12-29(37)21-25(27)7-4-5-18-46-33/h3,8-9,11-12,14,17,19,21-22,28,30,32H,2,4-7,10,13,15-16,18,20,23-24H2,1H3,(H,39,40,42,43,44)/b8-3+/t28-,30+,32-,48+/m0/s1. The van der Waals surface area contributed by atoms with Gasteiger partial charge in [-0.3, -0.25) is 14.3 Å². The topological polar surface area (TPSA) is 110 Å². The first kappa shape index (κ1) is 34.6. The van der Waals surface area contributed by atoms with Gasteiger partial charge in [0, 0.05) is 55.2 Å². The molecule has 1 aliphatic carbocycles. The van der Waals surface area contributed by atoms with E-state index in [2.05, 4.69) is 43.3 Å². The Morgan fingerprint density at radius 1 is 1.17 bits per heavy atom. The van der Waals surface area contributed by atoms with Crippen LogP contribution in [0.4, 0.5) is 5.69 Å². The summed E-state index contributed by atoms with van der Waals surface area (Å²) in [4.78, 5) is 33.3. The summed E-state index contributed by atoms with van der Waals surface area (Å²) in [6.45, 7) is 1.90. The molecule has 1 fully saturated rings. The van der Waals surface area contributed by atoms with E-state index in [0.29, 0.717) is 55.6 Å². The van der Waals surface area contributed by atoms with Gasteiger partial charge in [-0.2, -0.15) is 0 Å². The molecule has 0 unspecified atom stereocenters. The van der Waals surface area contributed by atoms with Crippen molar-refractivity contribution in [1.29, 1.82) is 0 Å². The number of methoxy groups -OCH3 is 1. The molecule has 6 rings (SSSR count). The van der Waals surface area contributed by atoms with E-state index in [-0.39, 0.29) is 18.3 Å². The van der Waals surface area contributed by atoms with Crippen molar-refractivity contribution in [2.45, 2.75) is 70.4 Å². The molecule has 1 aromatic heterocycles. The smallest absolute Gasteiger partial charge is 0.286 e. The predicted molar refractivity (Wildman–Crippen MR) is 191 cm³/mol. The van der Waals surface area contributed by atoms with Gasteiger partial charge in [0.05, 0.1) is 29.2 Å². The summed E-state index contributed by atoms with van der Waals surface area (Å²) >= 11 is 7.91. The Morgan fingerprint density at radius 3 is 2.85 bits per heavy atom. The summed E-state index contributed by atoms with van der Waals surface area (Å²) in [6.07, 6.45) is 12.3. The number of nitrogens with one attached hydrogen (secondary N) is 1. The summed E-state index contributed by atoms with van der Waals surface area (Å²) in [6, 6.07) is 11.4. The Balaban J connectivity index is 1.39. The lowest BCUT2D eigenvalue weighted by Crippen LogP contribution is -2.43. The lowest BCUT2D eigenvalue weighted by atomic mass is 9.70. The van der Waals surface area contributed by atoms with Gasteiger partial charge in [-0.25, -0.2) is 9.19 Å². The number of halogens is 1. The molecule has 2 aromatic carbocycles. The minimum Gasteiger partial charge on any atom is -0.491 e. The molecule has 2 amide bonds. The van der Waals surface area contributed by atoms with Gasteiger partial charge in [0.15, 0.2) is 0 Å². The Kier molecular flexibility index (Phi) is 11.5. The number of benzene rings is 2. The second kappa shape index (κ2) is 16.0. The highest BCUT2D eigenvalue weighted by molar-refractivity contribution is 7.92. The molecule has 2 aliphatic heterocycles. The zero-order valence-electron chi connectivity index (χ0n) is 27.3. The minimum absolute atomic E-state index is 0.0464. The van der Waals surface area contributed by atoms with Crippen LogP contribution in [0.15, 0.2) is 64.5 Å². The Bertz CT molecular complexity index is 1750. The number of carbonyl (C=O) groups is 2. The van der Waals surface area contributed by atoms with Gasteiger partial charge in [-0.05, 0) is 98.2 Å². The highest BCUT2D eigenvalue weighted by atomic mass is 35.5. The number of fused-ring (bicyclic) bond motifs is 3. The third kappa shape index (κ3) is 8.66. The molecule has 256 valence electrons. The van der Waals surface area contributed by atoms with Crippen LogP contribution in [0.1, 0.15) is 71.4 Å². The summed E-state index contributed by atoms with van der Waals surface area (Å²) in [5.41, 5.74) is 3.49. The average molecular weight is 711 g/mol. The van der Waals surface area contributed by atoms with E-state index in [4.69, 9.17) is 21.1 Å².